The van der Waals surface area contributed by atoms with Gasteiger partial charge in [0.05, 0.1) is 0 Å². The second kappa shape index (κ2) is 6.23. The van der Waals surface area contributed by atoms with Gasteiger partial charge in [0.15, 0.2) is 0 Å². The maximum Gasteiger partial charge on any atom is 0.134 e. The van der Waals surface area contributed by atoms with Crippen molar-refractivity contribution in [3.63, 3.8) is 0 Å². The number of hydrogen-bond donors (Lipinski definition) is 1. The topological polar surface area (TPSA) is 40.5 Å². The van der Waals surface area contributed by atoms with Gasteiger partial charge in [-0.3, -0.25) is 9.69 Å². The number of ketones is 1. The molecule has 0 spiro atoms. The van der Waals surface area contributed by atoms with Gasteiger partial charge in [-0.1, -0.05) is 0 Å². The van der Waals surface area contributed by atoms with Crippen LogP contribution in [0, 0.1) is 0 Å². The Kier molecular flexibility index (Phi) is 5.26. The van der Waals surface area contributed by atoms with E-state index in [0.29, 0.717) is 24.3 Å². The maximum absolute atomic E-state index is 11.4. The highest BCUT2D eigenvalue weighted by Crippen LogP contribution is 2.22. The highest BCUT2D eigenvalue weighted by molar-refractivity contribution is 5.79. The summed E-state index contributed by atoms with van der Waals surface area (Å²) in [5.74, 6) is 0.404. The molecule has 1 fully saturated rings. The molecule has 15 heavy (non-hydrogen) atoms. The lowest BCUT2D eigenvalue weighted by molar-refractivity contribution is -0.122. The summed E-state index contributed by atoms with van der Waals surface area (Å²) in [5, 5.41) is 8.85. The van der Waals surface area contributed by atoms with Crippen LogP contribution in [0.4, 0.5) is 0 Å². The van der Waals surface area contributed by atoms with Crippen LogP contribution in [-0.4, -0.2) is 41.0 Å². The molecule has 3 heteroatoms. The van der Waals surface area contributed by atoms with Crippen LogP contribution in [0.5, 0.6) is 0 Å². The van der Waals surface area contributed by atoms with E-state index in [1.165, 1.54) is 0 Å². The van der Waals surface area contributed by atoms with Gasteiger partial charge in [-0.2, -0.15) is 0 Å². The number of aliphatic hydroxyl groups is 1. The SMILES string of the molecule is CC(C)N(CCCO)C1CCCC(=O)C1. The normalized spacial score (nSPS) is 22.7. The molecule has 1 rings (SSSR count). The van der Waals surface area contributed by atoms with E-state index in [-0.39, 0.29) is 6.61 Å². The summed E-state index contributed by atoms with van der Waals surface area (Å²) in [6.45, 7) is 5.48. The fourth-order valence-electron chi connectivity index (χ4n) is 2.40. The van der Waals surface area contributed by atoms with Crippen molar-refractivity contribution in [2.75, 3.05) is 13.2 Å². The molecule has 0 heterocycles. The monoisotopic (exact) mass is 213 g/mol. The summed E-state index contributed by atoms with van der Waals surface area (Å²) in [4.78, 5) is 13.8. The predicted octanol–water partition coefficient (Wildman–Crippen LogP) is 1.59. The predicted molar refractivity (Wildman–Crippen MR) is 60.8 cm³/mol. The molecule has 1 atom stereocenters. The molecule has 1 aliphatic rings. The minimum atomic E-state index is 0.240. The largest absolute Gasteiger partial charge is 0.396 e. The molecule has 0 aromatic carbocycles. The van der Waals surface area contributed by atoms with E-state index in [1.807, 2.05) is 0 Å². The Morgan fingerprint density at radius 2 is 2.27 bits per heavy atom. The fraction of sp³-hybridized carbons (Fsp3) is 0.917. The van der Waals surface area contributed by atoms with Gasteiger partial charge in [0, 0.05) is 38.1 Å². The summed E-state index contributed by atoms with van der Waals surface area (Å²) in [7, 11) is 0. The molecule has 0 aliphatic heterocycles. The number of rotatable bonds is 5. The molecular formula is C12H23NO2. The van der Waals surface area contributed by atoms with Crippen molar-refractivity contribution in [2.24, 2.45) is 0 Å². The Morgan fingerprint density at radius 3 is 2.80 bits per heavy atom. The van der Waals surface area contributed by atoms with E-state index >= 15 is 0 Å². The Hall–Kier alpha value is -0.410. The number of carbonyl (C=O) groups excluding carboxylic acids is 1. The van der Waals surface area contributed by atoms with E-state index in [2.05, 4.69) is 18.7 Å². The minimum Gasteiger partial charge on any atom is -0.396 e. The van der Waals surface area contributed by atoms with Crippen molar-refractivity contribution in [2.45, 2.75) is 58.0 Å². The summed E-state index contributed by atoms with van der Waals surface area (Å²) in [6, 6.07) is 0.880. The van der Waals surface area contributed by atoms with Crippen molar-refractivity contribution in [1.82, 2.24) is 4.90 Å². The molecule has 1 N–H and O–H groups in total. The van der Waals surface area contributed by atoms with Gasteiger partial charge in [-0.15, -0.1) is 0 Å². The standard InChI is InChI=1S/C12H23NO2/c1-10(2)13(7-4-8-14)11-5-3-6-12(15)9-11/h10-11,14H,3-9H2,1-2H3. The average Bonchev–Trinajstić information content (AvgIpc) is 2.18. The van der Waals surface area contributed by atoms with Crippen LogP contribution in [0.15, 0.2) is 0 Å². The Labute approximate surface area is 92.5 Å². The second-order valence-corrected chi connectivity index (χ2v) is 4.70. The second-order valence-electron chi connectivity index (χ2n) is 4.70. The zero-order chi connectivity index (χ0) is 11.3. The smallest absolute Gasteiger partial charge is 0.134 e. The lowest BCUT2D eigenvalue weighted by Crippen LogP contribution is -2.44. The summed E-state index contributed by atoms with van der Waals surface area (Å²) in [6.07, 6.45) is 4.45. The van der Waals surface area contributed by atoms with Crippen molar-refractivity contribution in [3.05, 3.63) is 0 Å². The third kappa shape index (κ3) is 3.92. The molecule has 0 bridgehead atoms. The summed E-state index contributed by atoms with van der Waals surface area (Å²) < 4.78 is 0. The fourth-order valence-corrected chi connectivity index (χ4v) is 2.40. The molecule has 1 unspecified atom stereocenters. The highest BCUT2D eigenvalue weighted by atomic mass is 16.3. The zero-order valence-corrected chi connectivity index (χ0v) is 9.91. The van der Waals surface area contributed by atoms with Gasteiger partial charge in [0.2, 0.25) is 0 Å². The third-order valence-corrected chi connectivity index (χ3v) is 3.16. The van der Waals surface area contributed by atoms with Crippen LogP contribution in [0.25, 0.3) is 0 Å². The quantitative estimate of drug-likeness (QED) is 0.754. The van der Waals surface area contributed by atoms with Crippen molar-refractivity contribution in [3.8, 4) is 0 Å². The molecule has 1 saturated carbocycles. The number of carbonyl (C=O) groups is 1. The van der Waals surface area contributed by atoms with E-state index in [4.69, 9.17) is 5.11 Å². The molecule has 0 radical (unpaired) electrons. The third-order valence-electron chi connectivity index (χ3n) is 3.16. The van der Waals surface area contributed by atoms with Crippen LogP contribution in [-0.2, 0) is 4.79 Å². The highest BCUT2D eigenvalue weighted by Gasteiger charge is 2.26. The summed E-state index contributed by atoms with van der Waals surface area (Å²) in [5.41, 5.74) is 0. The van der Waals surface area contributed by atoms with E-state index in [1.54, 1.807) is 0 Å². The van der Waals surface area contributed by atoms with Crippen LogP contribution in [0.2, 0.25) is 0 Å². The van der Waals surface area contributed by atoms with Gasteiger partial charge in [-0.25, -0.2) is 0 Å². The van der Waals surface area contributed by atoms with Crippen LogP contribution in [0.3, 0.4) is 0 Å². The Morgan fingerprint density at radius 1 is 1.53 bits per heavy atom. The first-order valence-corrected chi connectivity index (χ1v) is 6.03. The van der Waals surface area contributed by atoms with Crippen molar-refractivity contribution in [1.29, 1.82) is 0 Å². The molecule has 0 aromatic heterocycles. The lowest BCUT2D eigenvalue weighted by atomic mass is 9.92. The molecular weight excluding hydrogens is 190 g/mol. The first kappa shape index (κ1) is 12.7. The number of aliphatic hydroxyl groups excluding tert-OH is 1. The summed E-state index contributed by atoms with van der Waals surface area (Å²) >= 11 is 0. The van der Waals surface area contributed by atoms with E-state index in [0.717, 1.165) is 32.2 Å². The first-order chi connectivity index (χ1) is 7.15. The van der Waals surface area contributed by atoms with Crippen molar-refractivity contribution < 1.29 is 9.90 Å². The van der Waals surface area contributed by atoms with Crippen LogP contribution in [0.1, 0.15) is 46.0 Å². The number of hydrogen-bond acceptors (Lipinski definition) is 3. The van der Waals surface area contributed by atoms with E-state index < -0.39 is 0 Å². The Balaban J connectivity index is 2.49. The molecule has 1 aliphatic carbocycles. The zero-order valence-electron chi connectivity index (χ0n) is 9.91. The molecule has 0 aromatic rings. The lowest BCUT2D eigenvalue weighted by Gasteiger charge is -2.36. The van der Waals surface area contributed by atoms with Gasteiger partial charge < -0.3 is 5.11 Å². The molecule has 3 nitrogen and oxygen atoms in total. The minimum absolute atomic E-state index is 0.240. The van der Waals surface area contributed by atoms with Gasteiger partial charge in [0.25, 0.3) is 0 Å². The molecule has 0 saturated heterocycles. The average molecular weight is 213 g/mol. The molecule has 0 amide bonds. The number of Topliss-reactive ketones (excluding diaryl/α,β-unsaturated/α-hetero) is 1. The Bertz CT molecular complexity index is 204. The van der Waals surface area contributed by atoms with Crippen molar-refractivity contribution >= 4 is 5.78 Å². The van der Waals surface area contributed by atoms with Gasteiger partial charge in [0.1, 0.15) is 5.78 Å². The first-order valence-electron chi connectivity index (χ1n) is 6.03. The van der Waals surface area contributed by atoms with Crippen LogP contribution >= 0.6 is 0 Å². The van der Waals surface area contributed by atoms with Gasteiger partial charge in [-0.05, 0) is 33.1 Å². The van der Waals surface area contributed by atoms with Crippen LogP contribution < -0.4 is 0 Å². The maximum atomic E-state index is 11.4. The van der Waals surface area contributed by atoms with E-state index in [9.17, 15) is 4.79 Å². The number of nitrogens with zero attached hydrogens (tertiary/aromatic N) is 1. The van der Waals surface area contributed by atoms with Gasteiger partial charge >= 0.3 is 0 Å². The molecule has 88 valence electrons.